The lowest BCUT2D eigenvalue weighted by atomic mass is 9.86. The summed E-state index contributed by atoms with van der Waals surface area (Å²) < 4.78 is 18.9. The van der Waals surface area contributed by atoms with Crippen LogP contribution in [0.4, 0.5) is 0 Å². The molecule has 2 saturated heterocycles. The van der Waals surface area contributed by atoms with Crippen molar-refractivity contribution in [2.24, 2.45) is 0 Å². The highest BCUT2D eigenvalue weighted by molar-refractivity contribution is 5.95. The number of hydrogen-bond donors (Lipinski definition) is 1. The van der Waals surface area contributed by atoms with Gasteiger partial charge in [-0.2, -0.15) is 5.10 Å². The number of benzene rings is 1. The molecule has 2 fully saturated rings. The van der Waals surface area contributed by atoms with E-state index in [-0.39, 0.29) is 18.1 Å². The zero-order valence-corrected chi connectivity index (χ0v) is 17.5. The van der Waals surface area contributed by atoms with Gasteiger partial charge in [-0.1, -0.05) is 0 Å². The van der Waals surface area contributed by atoms with Gasteiger partial charge in [0, 0.05) is 30.5 Å². The maximum atomic E-state index is 12.7. The van der Waals surface area contributed by atoms with E-state index in [0.717, 1.165) is 49.1 Å². The SMILES string of the molecule is Cc1cc(C(=O)NC[C@@H]2CCCO2)cc2c1-c1nn(CC3COCCO3)cc1CC2. The van der Waals surface area contributed by atoms with E-state index in [1.165, 1.54) is 16.7 Å². The number of aryl methyl sites for hydroxylation is 3. The summed E-state index contributed by atoms with van der Waals surface area (Å²) in [5.74, 6) is -0.0258. The van der Waals surface area contributed by atoms with Crippen LogP contribution in [0.5, 0.6) is 0 Å². The van der Waals surface area contributed by atoms with Crippen LogP contribution in [-0.4, -0.2) is 60.9 Å². The summed E-state index contributed by atoms with van der Waals surface area (Å²) >= 11 is 0. The summed E-state index contributed by atoms with van der Waals surface area (Å²) in [6.07, 6.45) is 6.29. The average molecular weight is 412 g/mol. The molecule has 1 amide bonds. The van der Waals surface area contributed by atoms with Gasteiger partial charge in [0.2, 0.25) is 0 Å². The largest absolute Gasteiger partial charge is 0.376 e. The van der Waals surface area contributed by atoms with E-state index in [4.69, 9.17) is 19.3 Å². The van der Waals surface area contributed by atoms with Crippen LogP contribution in [0.1, 0.15) is 39.9 Å². The van der Waals surface area contributed by atoms with E-state index >= 15 is 0 Å². The summed E-state index contributed by atoms with van der Waals surface area (Å²) in [4.78, 5) is 12.7. The van der Waals surface area contributed by atoms with Crippen molar-refractivity contribution in [1.82, 2.24) is 15.1 Å². The van der Waals surface area contributed by atoms with E-state index in [9.17, 15) is 4.79 Å². The van der Waals surface area contributed by atoms with Gasteiger partial charge in [0.25, 0.3) is 5.91 Å². The number of carbonyl (C=O) groups is 1. The smallest absolute Gasteiger partial charge is 0.251 e. The van der Waals surface area contributed by atoms with Gasteiger partial charge in [0.15, 0.2) is 0 Å². The Labute approximate surface area is 176 Å². The van der Waals surface area contributed by atoms with Crippen molar-refractivity contribution in [3.8, 4) is 11.3 Å². The molecule has 1 aliphatic carbocycles. The third-order valence-corrected chi connectivity index (χ3v) is 6.21. The topological polar surface area (TPSA) is 74.6 Å². The van der Waals surface area contributed by atoms with Crippen LogP contribution in [0.25, 0.3) is 11.3 Å². The van der Waals surface area contributed by atoms with Crippen LogP contribution in [0.3, 0.4) is 0 Å². The molecule has 3 aliphatic rings. The van der Waals surface area contributed by atoms with Crippen LogP contribution >= 0.6 is 0 Å². The van der Waals surface area contributed by atoms with Crippen molar-refractivity contribution in [3.05, 3.63) is 40.6 Å². The maximum absolute atomic E-state index is 12.7. The molecule has 0 spiro atoms. The Bertz CT molecular complexity index is 927. The number of fused-ring (bicyclic) bond motifs is 3. The third-order valence-electron chi connectivity index (χ3n) is 6.21. The minimum absolute atomic E-state index is 0.0258. The molecule has 1 aromatic carbocycles. The molecule has 1 aromatic heterocycles. The molecule has 5 rings (SSSR count). The molecular formula is C23H29N3O4. The molecule has 7 nitrogen and oxygen atoms in total. The maximum Gasteiger partial charge on any atom is 0.251 e. The Hall–Kier alpha value is -2.22. The minimum Gasteiger partial charge on any atom is -0.376 e. The number of hydrogen-bond acceptors (Lipinski definition) is 5. The number of rotatable bonds is 5. The molecule has 30 heavy (non-hydrogen) atoms. The standard InChI is InChI=1S/C23H29N3O4/c1-15-9-18(23(27)24-11-19-3-2-6-29-19)10-16-4-5-17-12-26(25-22(17)21(15)16)13-20-14-28-7-8-30-20/h9-10,12,19-20H,2-8,11,13-14H2,1H3,(H,24,27)/t19-,20?/m0/s1. The second-order valence-corrected chi connectivity index (χ2v) is 8.47. The van der Waals surface area contributed by atoms with E-state index in [1.807, 2.05) is 16.8 Å². The lowest BCUT2D eigenvalue weighted by Gasteiger charge is -2.22. The van der Waals surface area contributed by atoms with E-state index < -0.39 is 0 Å². The van der Waals surface area contributed by atoms with Crippen molar-refractivity contribution >= 4 is 5.91 Å². The molecule has 1 N–H and O–H groups in total. The normalized spacial score (nSPS) is 23.1. The van der Waals surface area contributed by atoms with Gasteiger partial charge in [-0.25, -0.2) is 0 Å². The number of ether oxygens (including phenoxy) is 3. The summed E-state index contributed by atoms with van der Waals surface area (Å²) in [6.45, 7) is 6.08. The van der Waals surface area contributed by atoms with Crippen LogP contribution in [0, 0.1) is 6.92 Å². The molecule has 1 unspecified atom stereocenters. The van der Waals surface area contributed by atoms with Gasteiger partial charge in [0.05, 0.1) is 38.2 Å². The van der Waals surface area contributed by atoms with Crippen LogP contribution in [0.2, 0.25) is 0 Å². The Kier molecular flexibility index (Phi) is 5.58. The molecule has 0 bridgehead atoms. The van der Waals surface area contributed by atoms with Crippen LogP contribution in [0.15, 0.2) is 18.3 Å². The fraction of sp³-hybridized carbons (Fsp3) is 0.565. The summed E-state index contributed by atoms with van der Waals surface area (Å²) in [6, 6.07) is 4.02. The van der Waals surface area contributed by atoms with Gasteiger partial charge < -0.3 is 19.5 Å². The van der Waals surface area contributed by atoms with Gasteiger partial charge in [0.1, 0.15) is 6.10 Å². The molecule has 2 atom stereocenters. The van der Waals surface area contributed by atoms with Crippen LogP contribution < -0.4 is 5.32 Å². The van der Waals surface area contributed by atoms with E-state index in [1.54, 1.807) is 0 Å². The number of aromatic nitrogens is 2. The first-order valence-electron chi connectivity index (χ1n) is 11.0. The molecule has 160 valence electrons. The van der Waals surface area contributed by atoms with Gasteiger partial charge in [-0.15, -0.1) is 0 Å². The Balaban J connectivity index is 1.33. The fourth-order valence-electron chi connectivity index (χ4n) is 4.71. The van der Waals surface area contributed by atoms with Crippen molar-refractivity contribution in [3.63, 3.8) is 0 Å². The minimum atomic E-state index is -0.0258. The molecule has 7 heteroatoms. The second kappa shape index (κ2) is 8.49. The van der Waals surface area contributed by atoms with E-state index in [0.29, 0.717) is 32.9 Å². The van der Waals surface area contributed by atoms with Crippen molar-refractivity contribution in [2.45, 2.75) is 51.4 Å². The lowest BCUT2D eigenvalue weighted by molar-refractivity contribution is -0.0946. The highest BCUT2D eigenvalue weighted by Gasteiger charge is 2.25. The van der Waals surface area contributed by atoms with E-state index in [2.05, 4.69) is 18.4 Å². The summed E-state index contributed by atoms with van der Waals surface area (Å²) in [7, 11) is 0. The number of nitrogens with one attached hydrogen (secondary N) is 1. The first kappa shape index (κ1) is 19.7. The molecule has 0 radical (unpaired) electrons. The zero-order chi connectivity index (χ0) is 20.5. The summed E-state index contributed by atoms with van der Waals surface area (Å²) in [5.41, 5.74) is 6.49. The monoisotopic (exact) mass is 411 g/mol. The number of nitrogens with zero attached hydrogens (tertiary/aromatic N) is 2. The highest BCUT2D eigenvalue weighted by Crippen LogP contribution is 2.35. The average Bonchev–Trinajstić information content (AvgIpc) is 3.41. The third kappa shape index (κ3) is 4.02. The second-order valence-electron chi connectivity index (χ2n) is 8.47. The fourth-order valence-corrected chi connectivity index (χ4v) is 4.71. The lowest BCUT2D eigenvalue weighted by Crippen LogP contribution is -2.32. The van der Waals surface area contributed by atoms with Gasteiger partial charge in [-0.05, 0) is 61.4 Å². The van der Waals surface area contributed by atoms with Crippen molar-refractivity contribution < 1.29 is 19.0 Å². The van der Waals surface area contributed by atoms with Gasteiger partial charge in [-0.3, -0.25) is 9.48 Å². The van der Waals surface area contributed by atoms with Crippen molar-refractivity contribution in [1.29, 1.82) is 0 Å². The van der Waals surface area contributed by atoms with Crippen LogP contribution in [-0.2, 0) is 33.6 Å². The predicted molar refractivity (Wildman–Crippen MR) is 112 cm³/mol. The Morgan fingerprint density at radius 2 is 2.03 bits per heavy atom. The molecule has 2 aliphatic heterocycles. The molecule has 3 heterocycles. The number of carbonyl (C=O) groups excluding carboxylic acids is 1. The molecular weight excluding hydrogens is 382 g/mol. The predicted octanol–water partition coefficient (Wildman–Crippen LogP) is 2.28. The molecule has 2 aromatic rings. The quantitative estimate of drug-likeness (QED) is 0.817. The number of amides is 1. The highest BCUT2D eigenvalue weighted by atomic mass is 16.6. The Morgan fingerprint density at radius 1 is 1.17 bits per heavy atom. The Morgan fingerprint density at radius 3 is 2.83 bits per heavy atom. The van der Waals surface area contributed by atoms with Crippen molar-refractivity contribution in [2.75, 3.05) is 33.0 Å². The first-order chi connectivity index (χ1) is 14.7. The zero-order valence-electron chi connectivity index (χ0n) is 17.5. The summed E-state index contributed by atoms with van der Waals surface area (Å²) in [5, 5.41) is 7.91. The first-order valence-corrected chi connectivity index (χ1v) is 11.0. The molecule has 0 saturated carbocycles. The van der Waals surface area contributed by atoms with Gasteiger partial charge >= 0.3 is 0 Å².